The van der Waals surface area contributed by atoms with Crippen LogP contribution in [0.2, 0.25) is 0 Å². The zero-order chi connectivity index (χ0) is 17.5. The number of hydrogen-bond acceptors (Lipinski definition) is 3. The molecule has 0 saturated carbocycles. The van der Waals surface area contributed by atoms with E-state index in [0.717, 1.165) is 22.8 Å². The number of methoxy groups -OCH3 is 1. The highest BCUT2D eigenvalue weighted by atomic mass is 16.5. The van der Waals surface area contributed by atoms with Gasteiger partial charge in [0.2, 0.25) is 0 Å². The van der Waals surface area contributed by atoms with E-state index < -0.39 is 0 Å². The molecule has 1 heterocycles. The van der Waals surface area contributed by atoms with E-state index in [0.29, 0.717) is 6.54 Å². The van der Waals surface area contributed by atoms with Crippen LogP contribution in [0, 0.1) is 0 Å². The highest BCUT2D eigenvalue weighted by molar-refractivity contribution is 6.03. The molecular weight excluding hydrogens is 314 g/mol. The quantitative estimate of drug-likeness (QED) is 0.622. The molecule has 25 heavy (non-hydrogen) atoms. The number of benzene rings is 2. The molecule has 0 N–H and O–H groups in total. The highest BCUT2D eigenvalue weighted by Crippen LogP contribution is 2.22. The highest BCUT2D eigenvalue weighted by Gasteiger charge is 2.15. The Labute approximate surface area is 147 Å². The molecule has 0 spiro atoms. The predicted molar refractivity (Wildman–Crippen MR) is 98.4 cm³/mol. The SMILES string of the molecule is COc1ccc(N(Cc2ccco2)C(=O)/C=C/c2ccccc2)cc1. The second-order valence-electron chi connectivity index (χ2n) is 5.45. The Morgan fingerprint density at radius 2 is 1.80 bits per heavy atom. The molecule has 0 radical (unpaired) electrons. The van der Waals surface area contributed by atoms with Crippen LogP contribution in [0.5, 0.6) is 5.75 Å². The molecule has 1 aromatic heterocycles. The maximum Gasteiger partial charge on any atom is 0.251 e. The van der Waals surface area contributed by atoms with Gasteiger partial charge in [0, 0.05) is 11.8 Å². The van der Waals surface area contributed by atoms with Gasteiger partial charge in [-0.2, -0.15) is 0 Å². The van der Waals surface area contributed by atoms with Crippen molar-refractivity contribution in [1.82, 2.24) is 0 Å². The molecule has 0 aliphatic rings. The average Bonchev–Trinajstić information content (AvgIpc) is 3.18. The van der Waals surface area contributed by atoms with Gasteiger partial charge in [-0.3, -0.25) is 4.79 Å². The second-order valence-corrected chi connectivity index (χ2v) is 5.45. The number of anilines is 1. The number of hydrogen-bond donors (Lipinski definition) is 0. The van der Waals surface area contributed by atoms with Gasteiger partial charge in [0.1, 0.15) is 11.5 Å². The molecule has 0 aliphatic carbocycles. The van der Waals surface area contributed by atoms with Crippen molar-refractivity contribution in [2.45, 2.75) is 6.54 Å². The van der Waals surface area contributed by atoms with Crippen molar-refractivity contribution in [2.24, 2.45) is 0 Å². The zero-order valence-electron chi connectivity index (χ0n) is 14.0. The van der Waals surface area contributed by atoms with Crippen LogP contribution in [0.1, 0.15) is 11.3 Å². The number of rotatable bonds is 6. The summed E-state index contributed by atoms with van der Waals surface area (Å²) in [4.78, 5) is 14.4. The number of carbonyl (C=O) groups excluding carboxylic acids is 1. The van der Waals surface area contributed by atoms with Crippen LogP contribution in [0.4, 0.5) is 5.69 Å². The van der Waals surface area contributed by atoms with Gasteiger partial charge in [-0.05, 0) is 48.0 Å². The van der Waals surface area contributed by atoms with Gasteiger partial charge < -0.3 is 14.1 Å². The lowest BCUT2D eigenvalue weighted by molar-refractivity contribution is -0.114. The summed E-state index contributed by atoms with van der Waals surface area (Å²) in [7, 11) is 1.61. The first-order valence-corrected chi connectivity index (χ1v) is 7.97. The van der Waals surface area contributed by atoms with Crippen molar-refractivity contribution in [1.29, 1.82) is 0 Å². The van der Waals surface area contributed by atoms with Crippen molar-refractivity contribution in [2.75, 3.05) is 12.0 Å². The first-order chi connectivity index (χ1) is 12.3. The Balaban J connectivity index is 1.84. The number of nitrogens with zero attached hydrogens (tertiary/aromatic N) is 1. The molecule has 2 aromatic carbocycles. The molecule has 0 aliphatic heterocycles. The zero-order valence-corrected chi connectivity index (χ0v) is 14.0. The van der Waals surface area contributed by atoms with E-state index in [1.54, 1.807) is 30.4 Å². The van der Waals surface area contributed by atoms with Crippen LogP contribution in [-0.2, 0) is 11.3 Å². The van der Waals surface area contributed by atoms with E-state index in [9.17, 15) is 4.79 Å². The summed E-state index contributed by atoms with van der Waals surface area (Å²) in [5, 5.41) is 0. The lowest BCUT2D eigenvalue weighted by atomic mass is 10.2. The fraction of sp³-hybridized carbons (Fsp3) is 0.0952. The predicted octanol–water partition coefficient (Wildman–Crippen LogP) is 4.53. The lowest BCUT2D eigenvalue weighted by Crippen LogP contribution is -2.28. The minimum absolute atomic E-state index is 0.120. The molecule has 3 aromatic rings. The molecule has 0 unspecified atom stereocenters. The topological polar surface area (TPSA) is 42.7 Å². The summed E-state index contributed by atoms with van der Waals surface area (Å²) < 4.78 is 10.6. The Morgan fingerprint density at radius 1 is 1.04 bits per heavy atom. The molecule has 0 saturated heterocycles. The van der Waals surface area contributed by atoms with E-state index >= 15 is 0 Å². The molecule has 0 fully saturated rings. The molecule has 4 nitrogen and oxygen atoms in total. The summed E-state index contributed by atoms with van der Waals surface area (Å²) in [6.07, 6.45) is 4.98. The first kappa shape index (κ1) is 16.6. The van der Waals surface area contributed by atoms with E-state index in [1.165, 1.54) is 0 Å². The third-order valence-corrected chi connectivity index (χ3v) is 3.76. The third-order valence-electron chi connectivity index (χ3n) is 3.76. The van der Waals surface area contributed by atoms with Gasteiger partial charge in [0.25, 0.3) is 5.91 Å². The Morgan fingerprint density at radius 3 is 2.44 bits per heavy atom. The first-order valence-electron chi connectivity index (χ1n) is 7.97. The van der Waals surface area contributed by atoms with Crippen molar-refractivity contribution in [3.63, 3.8) is 0 Å². The van der Waals surface area contributed by atoms with Crippen LogP contribution < -0.4 is 9.64 Å². The number of amides is 1. The summed E-state index contributed by atoms with van der Waals surface area (Å²) in [6, 6.07) is 20.8. The summed E-state index contributed by atoms with van der Waals surface area (Å²) in [5.41, 5.74) is 1.75. The molecule has 126 valence electrons. The van der Waals surface area contributed by atoms with Crippen molar-refractivity contribution in [3.05, 3.63) is 90.4 Å². The van der Waals surface area contributed by atoms with E-state index in [1.807, 2.05) is 66.7 Å². The van der Waals surface area contributed by atoms with Gasteiger partial charge in [0.15, 0.2) is 0 Å². The standard InChI is InChI=1S/C21H19NO3/c1-24-19-12-10-18(11-13-19)22(16-20-8-5-15-25-20)21(23)14-9-17-6-3-2-4-7-17/h2-15H,16H2,1H3/b14-9+. The fourth-order valence-corrected chi connectivity index (χ4v) is 2.44. The largest absolute Gasteiger partial charge is 0.497 e. The third kappa shape index (κ3) is 4.38. The van der Waals surface area contributed by atoms with Crippen LogP contribution in [0.15, 0.2) is 83.5 Å². The van der Waals surface area contributed by atoms with E-state index in [4.69, 9.17) is 9.15 Å². The molecule has 0 atom stereocenters. The summed E-state index contributed by atoms with van der Waals surface area (Å²) in [6.45, 7) is 0.358. The second kappa shape index (κ2) is 8.02. The van der Waals surface area contributed by atoms with Crippen LogP contribution >= 0.6 is 0 Å². The van der Waals surface area contributed by atoms with Gasteiger partial charge in [-0.1, -0.05) is 30.3 Å². The number of carbonyl (C=O) groups is 1. The molecule has 0 bridgehead atoms. The van der Waals surface area contributed by atoms with Gasteiger partial charge in [-0.15, -0.1) is 0 Å². The van der Waals surface area contributed by atoms with Crippen molar-refractivity contribution in [3.8, 4) is 5.75 Å². The van der Waals surface area contributed by atoms with Crippen LogP contribution in [-0.4, -0.2) is 13.0 Å². The molecule has 4 heteroatoms. The Hall–Kier alpha value is -3.27. The minimum atomic E-state index is -0.120. The van der Waals surface area contributed by atoms with Gasteiger partial charge in [-0.25, -0.2) is 0 Å². The Kier molecular flexibility index (Phi) is 5.32. The van der Waals surface area contributed by atoms with Crippen molar-refractivity contribution < 1.29 is 13.9 Å². The smallest absolute Gasteiger partial charge is 0.251 e. The summed E-state index contributed by atoms with van der Waals surface area (Å²) in [5.74, 6) is 1.34. The lowest BCUT2D eigenvalue weighted by Gasteiger charge is -2.20. The maximum atomic E-state index is 12.8. The summed E-state index contributed by atoms with van der Waals surface area (Å²) >= 11 is 0. The van der Waals surface area contributed by atoms with Crippen molar-refractivity contribution >= 4 is 17.7 Å². The molecule has 3 rings (SSSR count). The van der Waals surface area contributed by atoms with E-state index in [-0.39, 0.29) is 5.91 Å². The monoisotopic (exact) mass is 333 g/mol. The van der Waals surface area contributed by atoms with E-state index in [2.05, 4.69) is 0 Å². The molecule has 1 amide bonds. The molecular formula is C21H19NO3. The average molecular weight is 333 g/mol. The number of furan rings is 1. The number of ether oxygens (including phenoxy) is 1. The van der Waals surface area contributed by atoms with Gasteiger partial charge in [0.05, 0.1) is 19.9 Å². The Bertz CT molecular complexity index is 821. The van der Waals surface area contributed by atoms with Gasteiger partial charge >= 0.3 is 0 Å². The maximum absolute atomic E-state index is 12.8. The minimum Gasteiger partial charge on any atom is -0.497 e. The fourth-order valence-electron chi connectivity index (χ4n) is 2.44. The van der Waals surface area contributed by atoms with Crippen LogP contribution in [0.25, 0.3) is 6.08 Å². The van der Waals surface area contributed by atoms with Crippen LogP contribution in [0.3, 0.4) is 0 Å². The normalized spacial score (nSPS) is 10.8.